The van der Waals surface area contributed by atoms with Crippen molar-refractivity contribution in [2.24, 2.45) is 89.7 Å². The zero-order valence-corrected chi connectivity index (χ0v) is 85.7. The summed E-state index contributed by atoms with van der Waals surface area (Å²) in [6.07, 6.45) is 46.0. The maximum absolute atomic E-state index is 2.65. The summed E-state index contributed by atoms with van der Waals surface area (Å²) in [6, 6.07) is 6.09. The van der Waals surface area contributed by atoms with Crippen molar-refractivity contribution in [3.63, 3.8) is 0 Å². The van der Waals surface area contributed by atoms with Gasteiger partial charge < -0.3 is 9.80 Å². The molecule has 8 saturated heterocycles. The molecule has 14 unspecified atom stereocenters. The minimum absolute atomic E-state index is 0.379. The zero-order chi connectivity index (χ0) is 86.7. The van der Waals surface area contributed by atoms with Crippen LogP contribution < -0.4 is 0 Å². The lowest BCUT2D eigenvalue weighted by molar-refractivity contribution is -0.0559. The maximum atomic E-state index is 2.65. The molecule has 0 aromatic carbocycles. The average molecular weight is 1590 g/mol. The normalized spacial score (nSPS) is 38.8. The highest BCUT2D eigenvalue weighted by Crippen LogP contribution is 2.65. The van der Waals surface area contributed by atoms with Crippen molar-refractivity contribution >= 4 is 0 Å². The molecule has 0 N–H and O–H groups in total. The van der Waals surface area contributed by atoms with Crippen LogP contribution in [0.2, 0.25) is 0 Å². The van der Waals surface area contributed by atoms with Gasteiger partial charge in [0.05, 0.1) is 0 Å². The Morgan fingerprint density at radius 2 is 0.596 bits per heavy atom. The highest BCUT2D eigenvalue weighted by Gasteiger charge is 2.63. The van der Waals surface area contributed by atoms with Crippen molar-refractivity contribution in [1.29, 1.82) is 0 Å². The molecule has 6 saturated carbocycles. The van der Waals surface area contributed by atoms with Crippen LogP contribution in [0.5, 0.6) is 0 Å². The number of likely N-dealkylation sites (tertiary alicyclic amines) is 8. The van der Waals surface area contributed by atoms with E-state index in [0.717, 1.165) is 77.8 Å². The largest absolute Gasteiger partial charge is 0.303 e. The van der Waals surface area contributed by atoms with E-state index in [9.17, 15) is 0 Å². The summed E-state index contributed by atoms with van der Waals surface area (Å²) >= 11 is 0. The van der Waals surface area contributed by atoms with Gasteiger partial charge in [-0.1, -0.05) is 174 Å². The summed E-state index contributed by atoms with van der Waals surface area (Å²) in [7, 11) is 18.4. The topological polar surface area (TPSA) is 25.9 Å². The predicted molar refractivity (Wildman–Crippen MR) is 504 cm³/mol. The van der Waals surface area contributed by atoms with Crippen molar-refractivity contribution in [3.05, 3.63) is 0 Å². The van der Waals surface area contributed by atoms with Gasteiger partial charge in [-0.2, -0.15) is 0 Å². The highest BCUT2D eigenvalue weighted by atomic mass is 15.3. The van der Waals surface area contributed by atoms with Crippen molar-refractivity contribution in [2.45, 2.75) is 522 Å². The van der Waals surface area contributed by atoms with Gasteiger partial charge in [0.25, 0.3) is 0 Å². The minimum atomic E-state index is 0.379. The Bertz CT molecular complexity index is 2850. The molecule has 8 aliphatic heterocycles. The lowest BCUT2D eigenvalue weighted by Crippen LogP contribution is -2.52. The first-order valence-corrected chi connectivity index (χ1v) is 49.8. The smallest absolute Gasteiger partial charge is 0.0159 e. The number of hydrogen-bond acceptors (Lipinski definition) is 8. The molecule has 0 aromatic heterocycles. The zero-order valence-electron chi connectivity index (χ0n) is 85.7. The molecule has 8 heteroatoms. The van der Waals surface area contributed by atoms with Crippen LogP contribution in [0.1, 0.15) is 441 Å². The SMILES string of the molecule is CC1CCC(C(C)C)C2(C1)C(C)N(C)CC2(C)C.CC1CCC(C(C)C)C2(C1)CC(C)(C)N(C)C2C.CC1N(C)C(C)(C)CC1(C)C.CC1N(C)C(C)(C)CC12CCCC2.CC1N(C)C(C)(C)CC12CCCC2.CC1N(C)C(C)(C)CC12CCCCC2.CC1N(C)CC(C)(C)C12CCCCC2.CCC1(CC)CC(C)(C)N(C)C1C. The van der Waals surface area contributed by atoms with Crippen LogP contribution in [0.3, 0.4) is 0 Å². The molecule has 114 heavy (non-hydrogen) atoms. The van der Waals surface area contributed by atoms with Crippen LogP contribution in [0, 0.1) is 89.7 Å². The fraction of sp³-hybridized carbons (Fsp3) is 1.00. The van der Waals surface area contributed by atoms with Gasteiger partial charge in [0.2, 0.25) is 0 Å². The number of nitrogens with zero attached hydrogens (tertiary/aromatic N) is 8. The van der Waals surface area contributed by atoms with Crippen LogP contribution in [0.25, 0.3) is 0 Å². The average Bonchev–Trinajstić information content (AvgIpc) is 1.53. The first kappa shape index (κ1) is 101. The molecule has 0 amide bonds. The number of hydrogen-bond donors (Lipinski definition) is 0. The third kappa shape index (κ3) is 19.7. The van der Waals surface area contributed by atoms with E-state index in [1.54, 1.807) is 0 Å². The van der Waals surface area contributed by atoms with Gasteiger partial charge in [0.1, 0.15) is 0 Å². The van der Waals surface area contributed by atoms with Crippen molar-refractivity contribution in [1.82, 2.24) is 39.2 Å². The first-order valence-electron chi connectivity index (χ1n) is 49.8. The monoisotopic (exact) mass is 1590 g/mol. The van der Waals surface area contributed by atoms with Gasteiger partial charge in [-0.15, -0.1) is 0 Å². The molecule has 14 rings (SSSR count). The van der Waals surface area contributed by atoms with E-state index in [0.29, 0.717) is 93.4 Å². The van der Waals surface area contributed by atoms with Crippen LogP contribution in [0.15, 0.2) is 0 Å². The fourth-order valence-electron chi connectivity index (χ4n) is 32.1. The fourth-order valence-corrected chi connectivity index (χ4v) is 32.1. The standard InChI is InChI=1S/2C17H33N.2C13H25N.2C12H23N.C12H25N.C10H21N/c1-12(2)15-9-8-13(3)10-17(15)14(4)18(7)11-16(17,5)6;1-12(2)15-9-8-13(3)10-17(15)11-16(5,6)18(7)14(17)4;1-11-13(8-6-5-7-9-13)12(2,3)10-14(11)4;1-11-13(8-6-5-7-9-13)10-12(2,3)14(11)4;2*1-10-12(7-5-6-8-12)9-11(2,3)13(10)4;1-7-12(8-2)9-11(4,5)13(6)10(12)3;1-8-9(2,3)7-10(4,5)11(8)6/h2*12-15H,8-11H2,1-7H3;2*11H,5-10H2,1-4H3;2*10H,5-9H2,1-4H3;10H,7-9H2,1-6H3;8H,7H2,1-6H3. The predicted octanol–water partition coefficient (Wildman–Crippen LogP) is 27.6. The molecule has 14 aliphatic rings. The van der Waals surface area contributed by atoms with E-state index < -0.39 is 0 Å². The second kappa shape index (κ2) is 36.7. The molecule has 0 radical (unpaired) electrons. The van der Waals surface area contributed by atoms with Gasteiger partial charge >= 0.3 is 0 Å². The van der Waals surface area contributed by atoms with Crippen LogP contribution >= 0.6 is 0 Å². The lowest BCUT2D eigenvalue weighted by Gasteiger charge is -2.55. The first-order chi connectivity index (χ1) is 52.0. The van der Waals surface area contributed by atoms with Gasteiger partial charge in [0.15, 0.2) is 0 Å². The molecule has 8 heterocycles. The summed E-state index contributed by atoms with van der Waals surface area (Å²) in [5.41, 5.74) is 8.26. The van der Waals surface area contributed by atoms with Gasteiger partial charge in [-0.05, 0) is 413 Å². The quantitative estimate of drug-likeness (QED) is 0.275. The maximum Gasteiger partial charge on any atom is 0.0159 e. The summed E-state index contributed by atoms with van der Waals surface area (Å²) < 4.78 is 0. The summed E-state index contributed by atoms with van der Waals surface area (Å²) in [6.45, 7) is 84.9. The van der Waals surface area contributed by atoms with Gasteiger partial charge in [-0.3, -0.25) is 29.4 Å². The van der Waals surface area contributed by atoms with E-state index in [1.165, 1.54) is 219 Å². The van der Waals surface area contributed by atoms with E-state index in [2.05, 4.69) is 331 Å². The second-order valence-corrected chi connectivity index (χ2v) is 51.2. The lowest BCUT2D eigenvalue weighted by atomic mass is 9.49. The van der Waals surface area contributed by atoms with E-state index in [4.69, 9.17) is 0 Å². The van der Waals surface area contributed by atoms with Crippen LogP contribution in [-0.2, 0) is 0 Å². The van der Waals surface area contributed by atoms with Crippen molar-refractivity contribution < 1.29 is 0 Å². The molecule has 14 fully saturated rings. The Morgan fingerprint density at radius 3 is 0.860 bits per heavy atom. The van der Waals surface area contributed by atoms with E-state index in [1.807, 2.05) is 0 Å². The Balaban J connectivity index is 0.000000181. The van der Waals surface area contributed by atoms with Gasteiger partial charge in [0, 0.05) is 94.7 Å². The molecule has 6 aliphatic carbocycles. The summed E-state index contributed by atoms with van der Waals surface area (Å²) in [4.78, 5) is 20.7. The minimum Gasteiger partial charge on any atom is -0.303 e. The molecule has 8 nitrogen and oxygen atoms in total. The highest BCUT2D eigenvalue weighted by molar-refractivity contribution is 5.16. The molecular formula is C106H208N8. The van der Waals surface area contributed by atoms with Crippen LogP contribution in [-0.4, -0.2) is 190 Å². The Morgan fingerprint density at radius 1 is 0.289 bits per heavy atom. The van der Waals surface area contributed by atoms with E-state index in [-0.39, 0.29) is 0 Å². The molecule has 672 valence electrons. The molecular weight excluding hydrogens is 1390 g/mol. The van der Waals surface area contributed by atoms with Crippen molar-refractivity contribution in [2.75, 3.05) is 69.5 Å². The van der Waals surface area contributed by atoms with Crippen molar-refractivity contribution in [3.8, 4) is 0 Å². The molecule has 6 spiro atoms. The van der Waals surface area contributed by atoms with Crippen LogP contribution in [0.4, 0.5) is 0 Å². The Kier molecular flexibility index (Phi) is 32.4. The van der Waals surface area contributed by atoms with E-state index >= 15 is 0 Å². The third-order valence-electron chi connectivity index (χ3n) is 40.8. The molecule has 14 atom stereocenters. The second-order valence-electron chi connectivity index (χ2n) is 51.2. The molecule has 0 aromatic rings. The third-order valence-corrected chi connectivity index (χ3v) is 40.8. The summed E-state index contributed by atoms with van der Waals surface area (Å²) in [5, 5.41) is 0. The molecule has 0 bridgehead atoms. The van der Waals surface area contributed by atoms with Gasteiger partial charge in [-0.25, -0.2) is 0 Å². The number of rotatable bonds is 4. The Labute approximate surface area is 716 Å². The Hall–Kier alpha value is -0.320. The summed E-state index contributed by atoms with van der Waals surface area (Å²) in [5.74, 6) is 5.32.